The molecule has 0 aliphatic carbocycles. The SMILES string of the molecule is C=CC(=O)N1CCN(C2N=C3C=CC(C(=O)NC)=CN3[C@H]2C)C(=O)C1. The first-order valence-corrected chi connectivity index (χ1v) is 8.15. The first-order valence-electron chi connectivity index (χ1n) is 8.15. The maximum Gasteiger partial charge on any atom is 0.252 e. The van der Waals surface area contributed by atoms with Crippen LogP contribution in [0.15, 0.2) is 41.6 Å². The molecule has 0 radical (unpaired) electrons. The molecule has 3 rings (SSSR count). The van der Waals surface area contributed by atoms with Gasteiger partial charge in [-0.25, -0.2) is 4.99 Å². The van der Waals surface area contributed by atoms with Gasteiger partial charge in [0.1, 0.15) is 18.5 Å². The summed E-state index contributed by atoms with van der Waals surface area (Å²) in [5.41, 5.74) is 0.543. The van der Waals surface area contributed by atoms with Crippen molar-refractivity contribution in [2.24, 2.45) is 4.99 Å². The van der Waals surface area contributed by atoms with Gasteiger partial charge in [0.2, 0.25) is 11.8 Å². The monoisotopic (exact) mass is 343 g/mol. The van der Waals surface area contributed by atoms with E-state index in [1.54, 1.807) is 30.3 Å². The zero-order valence-corrected chi connectivity index (χ0v) is 14.3. The van der Waals surface area contributed by atoms with Gasteiger partial charge in [0.25, 0.3) is 5.91 Å². The molecule has 1 unspecified atom stereocenters. The molecule has 0 saturated carbocycles. The van der Waals surface area contributed by atoms with Gasteiger partial charge in [0.15, 0.2) is 0 Å². The van der Waals surface area contributed by atoms with E-state index in [1.165, 1.54) is 11.0 Å². The number of nitrogens with zero attached hydrogens (tertiary/aromatic N) is 4. The highest BCUT2D eigenvalue weighted by Gasteiger charge is 2.40. The lowest BCUT2D eigenvalue weighted by molar-refractivity contribution is -0.145. The number of amides is 3. The normalized spacial score (nSPS) is 25.4. The van der Waals surface area contributed by atoms with Crippen LogP contribution >= 0.6 is 0 Å². The molecule has 0 bridgehead atoms. The van der Waals surface area contributed by atoms with Crippen molar-refractivity contribution in [3.63, 3.8) is 0 Å². The number of likely N-dealkylation sites (N-methyl/N-ethyl adjacent to an activating group) is 1. The first kappa shape index (κ1) is 16.9. The number of nitrogens with one attached hydrogen (secondary N) is 1. The highest BCUT2D eigenvalue weighted by Crippen LogP contribution is 2.26. The van der Waals surface area contributed by atoms with E-state index in [1.807, 2.05) is 11.8 Å². The molecule has 132 valence electrons. The van der Waals surface area contributed by atoms with Crippen molar-refractivity contribution in [2.75, 3.05) is 26.7 Å². The predicted octanol–water partition coefficient (Wildman–Crippen LogP) is -0.528. The van der Waals surface area contributed by atoms with Gasteiger partial charge in [-0.1, -0.05) is 6.58 Å². The first-order chi connectivity index (χ1) is 12.0. The number of amidine groups is 1. The maximum absolute atomic E-state index is 12.5. The van der Waals surface area contributed by atoms with Crippen LogP contribution in [0.3, 0.4) is 0 Å². The van der Waals surface area contributed by atoms with Crippen molar-refractivity contribution in [3.05, 3.63) is 36.6 Å². The molecule has 25 heavy (non-hydrogen) atoms. The van der Waals surface area contributed by atoms with Gasteiger partial charge in [-0.05, 0) is 25.2 Å². The minimum absolute atomic E-state index is 0.0358. The fourth-order valence-electron chi connectivity index (χ4n) is 3.22. The second kappa shape index (κ2) is 6.54. The Morgan fingerprint density at radius 1 is 1.36 bits per heavy atom. The van der Waals surface area contributed by atoms with Gasteiger partial charge in [-0.3, -0.25) is 14.4 Å². The Hall–Kier alpha value is -2.90. The van der Waals surface area contributed by atoms with Crippen molar-refractivity contribution < 1.29 is 14.4 Å². The highest BCUT2D eigenvalue weighted by atomic mass is 16.2. The van der Waals surface area contributed by atoms with Crippen LogP contribution in [0.25, 0.3) is 0 Å². The van der Waals surface area contributed by atoms with Crippen molar-refractivity contribution >= 4 is 23.6 Å². The topological polar surface area (TPSA) is 85.3 Å². The van der Waals surface area contributed by atoms with Crippen molar-refractivity contribution in [1.82, 2.24) is 20.0 Å². The van der Waals surface area contributed by atoms with Crippen LogP contribution in [0.2, 0.25) is 0 Å². The van der Waals surface area contributed by atoms with Crippen LogP contribution in [0.5, 0.6) is 0 Å². The molecule has 0 aromatic heterocycles. The number of hydrogen-bond acceptors (Lipinski definition) is 5. The van der Waals surface area contributed by atoms with Crippen molar-refractivity contribution in [2.45, 2.75) is 19.1 Å². The Bertz CT molecular complexity index is 724. The summed E-state index contributed by atoms with van der Waals surface area (Å²) in [6.45, 7) is 6.34. The number of fused-ring (bicyclic) bond motifs is 1. The zero-order valence-electron chi connectivity index (χ0n) is 14.3. The Labute approximate surface area is 146 Å². The molecule has 1 N–H and O–H groups in total. The number of carbonyl (C=O) groups is 3. The average molecular weight is 343 g/mol. The minimum atomic E-state index is -0.339. The number of carbonyl (C=O) groups excluding carboxylic acids is 3. The Balaban J connectivity index is 1.75. The Morgan fingerprint density at radius 2 is 2.12 bits per heavy atom. The summed E-state index contributed by atoms with van der Waals surface area (Å²) >= 11 is 0. The highest BCUT2D eigenvalue weighted by molar-refractivity contribution is 6.04. The van der Waals surface area contributed by atoms with Gasteiger partial charge < -0.3 is 20.0 Å². The largest absolute Gasteiger partial charge is 0.355 e. The van der Waals surface area contributed by atoms with Crippen LogP contribution < -0.4 is 5.32 Å². The molecular weight excluding hydrogens is 322 g/mol. The molecule has 3 aliphatic heterocycles. The lowest BCUT2D eigenvalue weighted by atomic mass is 10.1. The van der Waals surface area contributed by atoms with Gasteiger partial charge >= 0.3 is 0 Å². The summed E-state index contributed by atoms with van der Waals surface area (Å²) in [6.07, 6.45) is 6.13. The molecule has 3 amide bonds. The fourth-order valence-corrected chi connectivity index (χ4v) is 3.22. The van der Waals surface area contributed by atoms with Gasteiger partial charge in [0.05, 0.1) is 11.6 Å². The molecule has 0 aromatic rings. The van der Waals surface area contributed by atoms with Gasteiger partial charge in [0, 0.05) is 26.3 Å². The Kier molecular flexibility index (Phi) is 4.43. The van der Waals surface area contributed by atoms with Crippen LogP contribution in [-0.2, 0) is 14.4 Å². The molecular formula is C17H21N5O3. The zero-order chi connectivity index (χ0) is 18.1. The molecule has 8 heteroatoms. The van der Waals surface area contributed by atoms with Crippen LogP contribution in [0, 0.1) is 0 Å². The van der Waals surface area contributed by atoms with Crippen LogP contribution in [0.4, 0.5) is 0 Å². The standard InChI is InChI=1S/C17H21N5O3/c1-4-14(23)20-7-8-21(15(24)10-20)16-11(2)22-9-12(17(25)18-3)5-6-13(22)19-16/h4-6,9,11,16H,1,7-8,10H2,2-3H3,(H,18,25)/t11-,16?/m0/s1. The number of aliphatic imine (C=N–C) groups is 1. The Morgan fingerprint density at radius 3 is 2.76 bits per heavy atom. The summed E-state index contributed by atoms with van der Waals surface area (Å²) in [5, 5.41) is 2.60. The molecule has 0 aromatic carbocycles. The minimum Gasteiger partial charge on any atom is -0.355 e. The molecule has 1 fully saturated rings. The third-order valence-corrected chi connectivity index (χ3v) is 4.64. The van der Waals surface area contributed by atoms with E-state index >= 15 is 0 Å². The predicted molar refractivity (Wildman–Crippen MR) is 92.3 cm³/mol. The van der Waals surface area contributed by atoms with Crippen LogP contribution in [-0.4, -0.2) is 77.1 Å². The van der Waals surface area contributed by atoms with E-state index in [4.69, 9.17) is 0 Å². The number of rotatable bonds is 3. The molecule has 2 atom stereocenters. The molecule has 0 spiro atoms. The molecule has 3 aliphatic rings. The van der Waals surface area contributed by atoms with E-state index < -0.39 is 0 Å². The summed E-state index contributed by atoms with van der Waals surface area (Å²) in [5.74, 6) is 0.181. The quantitative estimate of drug-likeness (QED) is 0.698. The van der Waals surface area contributed by atoms with Crippen LogP contribution in [0.1, 0.15) is 6.92 Å². The third-order valence-electron chi connectivity index (χ3n) is 4.64. The molecule has 8 nitrogen and oxygen atoms in total. The summed E-state index contributed by atoms with van der Waals surface area (Å²) in [7, 11) is 1.58. The average Bonchev–Trinajstić information content (AvgIpc) is 2.96. The van der Waals surface area contributed by atoms with E-state index in [0.717, 1.165) is 5.84 Å². The lowest BCUT2D eigenvalue weighted by Gasteiger charge is -2.38. The lowest BCUT2D eigenvalue weighted by Crippen LogP contribution is -2.57. The van der Waals surface area contributed by atoms with E-state index in [2.05, 4.69) is 16.9 Å². The number of piperazine rings is 1. The summed E-state index contributed by atoms with van der Waals surface area (Å²) in [4.78, 5) is 45.7. The van der Waals surface area contributed by atoms with Crippen molar-refractivity contribution in [1.29, 1.82) is 0 Å². The number of hydrogen-bond donors (Lipinski definition) is 1. The molecule has 1 saturated heterocycles. The van der Waals surface area contributed by atoms with E-state index in [9.17, 15) is 14.4 Å². The smallest absolute Gasteiger partial charge is 0.252 e. The maximum atomic E-state index is 12.5. The van der Waals surface area contributed by atoms with Gasteiger partial charge in [-0.2, -0.15) is 0 Å². The fraction of sp³-hybridized carbons (Fsp3) is 0.412. The third kappa shape index (κ3) is 2.95. The van der Waals surface area contributed by atoms with Gasteiger partial charge in [-0.15, -0.1) is 0 Å². The van der Waals surface area contributed by atoms with E-state index in [-0.39, 0.29) is 36.5 Å². The van der Waals surface area contributed by atoms with Crippen molar-refractivity contribution in [3.8, 4) is 0 Å². The summed E-state index contributed by atoms with van der Waals surface area (Å²) in [6, 6.07) is -0.0924. The van der Waals surface area contributed by atoms with E-state index in [0.29, 0.717) is 18.7 Å². The molecule has 3 heterocycles. The summed E-state index contributed by atoms with van der Waals surface area (Å²) < 4.78 is 0. The second-order valence-corrected chi connectivity index (χ2v) is 6.10. The second-order valence-electron chi connectivity index (χ2n) is 6.10.